The predicted molar refractivity (Wildman–Crippen MR) is 114 cm³/mol. The van der Waals surface area contributed by atoms with Crippen LogP contribution >= 0.6 is 11.6 Å². The van der Waals surface area contributed by atoms with Gasteiger partial charge in [-0.05, 0) is 42.3 Å². The summed E-state index contributed by atoms with van der Waals surface area (Å²) in [7, 11) is -0.776. The van der Waals surface area contributed by atoms with Gasteiger partial charge in [0.1, 0.15) is 12.4 Å². The van der Waals surface area contributed by atoms with Crippen molar-refractivity contribution in [3.8, 4) is 11.5 Å². The summed E-state index contributed by atoms with van der Waals surface area (Å²) in [6.07, 6.45) is 1.52. The molecule has 0 heterocycles. The average Bonchev–Trinajstić information content (AvgIpc) is 2.71. The maximum absolute atomic E-state index is 13.4. The van der Waals surface area contributed by atoms with Gasteiger partial charge in [-0.15, -0.1) is 0 Å². The number of nitrogens with zero attached hydrogens (tertiary/aromatic N) is 1. The number of benzene rings is 2. The summed E-state index contributed by atoms with van der Waals surface area (Å²) in [5.74, 6) is -0.138. The number of carbonyl (C=O) groups is 1. The van der Waals surface area contributed by atoms with E-state index in [0.29, 0.717) is 17.9 Å². The molecule has 1 amide bonds. The largest absolute Gasteiger partial charge is 0.493 e. The second-order valence-corrected chi connectivity index (χ2v) is 8.82. The van der Waals surface area contributed by atoms with E-state index in [4.69, 9.17) is 21.1 Å². The van der Waals surface area contributed by atoms with Gasteiger partial charge in [-0.1, -0.05) is 24.6 Å². The lowest BCUT2D eigenvalue weighted by molar-refractivity contribution is -0.120. The average molecular weight is 459 g/mol. The van der Waals surface area contributed by atoms with Crippen molar-refractivity contribution >= 4 is 33.2 Å². The number of carbonyl (C=O) groups excluding carboxylic acids is 1. The van der Waals surface area contributed by atoms with Crippen molar-refractivity contribution in [2.75, 3.05) is 31.3 Å². The molecule has 0 radical (unpaired) electrons. The van der Waals surface area contributed by atoms with Gasteiger partial charge >= 0.3 is 0 Å². The van der Waals surface area contributed by atoms with Gasteiger partial charge in [0, 0.05) is 0 Å². The number of nitrogens with one attached hydrogen (secondary N) is 1. The molecule has 2 aromatic rings. The minimum atomic E-state index is -3.81. The molecule has 0 aliphatic carbocycles. The van der Waals surface area contributed by atoms with Gasteiger partial charge in [0.15, 0.2) is 11.5 Å². The summed E-state index contributed by atoms with van der Waals surface area (Å²) < 4.78 is 49.3. The molecule has 1 unspecified atom stereocenters. The van der Waals surface area contributed by atoms with E-state index in [-0.39, 0.29) is 16.8 Å². The van der Waals surface area contributed by atoms with E-state index in [9.17, 15) is 17.6 Å². The van der Waals surface area contributed by atoms with Crippen LogP contribution in [0.5, 0.6) is 11.5 Å². The minimum Gasteiger partial charge on any atom is -0.493 e. The summed E-state index contributed by atoms with van der Waals surface area (Å²) >= 11 is 5.77. The number of rotatable bonds is 9. The van der Waals surface area contributed by atoms with Crippen LogP contribution in [-0.4, -0.2) is 41.3 Å². The van der Waals surface area contributed by atoms with Gasteiger partial charge in [-0.3, -0.25) is 9.10 Å². The van der Waals surface area contributed by atoms with Gasteiger partial charge in [0.2, 0.25) is 15.9 Å². The molecule has 2 aromatic carbocycles. The van der Waals surface area contributed by atoms with Gasteiger partial charge in [-0.2, -0.15) is 0 Å². The Morgan fingerprint density at radius 1 is 1.17 bits per heavy atom. The van der Waals surface area contributed by atoms with Crippen molar-refractivity contribution in [3.63, 3.8) is 0 Å². The van der Waals surface area contributed by atoms with Gasteiger partial charge in [0.25, 0.3) is 0 Å². The van der Waals surface area contributed by atoms with Crippen molar-refractivity contribution in [1.29, 1.82) is 0 Å². The molecule has 0 aliphatic heterocycles. The topological polar surface area (TPSA) is 84.9 Å². The SMILES string of the molecule is CCC(NC(=O)CN(c1ccc(F)c(Cl)c1)S(C)(=O)=O)c1ccc(OC)c(OC)c1. The maximum atomic E-state index is 13.4. The van der Waals surface area contributed by atoms with Crippen molar-refractivity contribution in [2.45, 2.75) is 19.4 Å². The van der Waals surface area contributed by atoms with Gasteiger partial charge in [0.05, 0.1) is 37.2 Å². The number of hydrogen-bond donors (Lipinski definition) is 1. The number of halogens is 2. The van der Waals surface area contributed by atoms with Gasteiger partial charge < -0.3 is 14.8 Å². The van der Waals surface area contributed by atoms with E-state index in [2.05, 4.69) is 5.32 Å². The molecule has 0 saturated heterocycles. The molecule has 7 nitrogen and oxygen atoms in total. The molecular formula is C20H24ClFN2O5S. The Morgan fingerprint density at radius 3 is 2.37 bits per heavy atom. The van der Waals surface area contributed by atoms with Crippen LogP contribution in [0.3, 0.4) is 0 Å². The third-order valence-corrected chi connectivity index (χ3v) is 5.86. The standard InChI is InChI=1S/C20H24ClFN2O5S/c1-5-17(13-6-9-18(28-2)19(10-13)29-3)23-20(25)12-24(30(4,26)27)14-7-8-16(22)15(21)11-14/h6-11,17H,5,12H2,1-4H3,(H,23,25). The van der Waals surface area contributed by atoms with Crippen LogP contribution < -0.4 is 19.1 Å². The second-order valence-electron chi connectivity index (χ2n) is 6.51. The van der Waals surface area contributed by atoms with E-state index in [1.54, 1.807) is 18.2 Å². The van der Waals surface area contributed by atoms with E-state index in [1.807, 2.05) is 6.92 Å². The third kappa shape index (κ3) is 5.76. The molecule has 1 atom stereocenters. The lowest BCUT2D eigenvalue weighted by Crippen LogP contribution is -2.41. The molecule has 30 heavy (non-hydrogen) atoms. The van der Waals surface area contributed by atoms with E-state index < -0.39 is 28.3 Å². The Hall–Kier alpha value is -2.52. The molecule has 0 aliphatic rings. The minimum absolute atomic E-state index is 0.0956. The Balaban J connectivity index is 2.24. The summed E-state index contributed by atoms with van der Waals surface area (Å²) in [6.45, 7) is 1.40. The zero-order valence-corrected chi connectivity index (χ0v) is 18.7. The Bertz CT molecular complexity index is 1020. The van der Waals surface area contributed by atoms with Crippen LogP contribution in [-0.2, 0) is 14.8 Å². The summed E-state index contributed by atoms with van der Waals surface area (Å²) in [6, 6.07) is 8.36. The second kappa shape index (κ2) is 9.99. The lowest BCUT2D eigenvalue weighted by atomic mass is 10.0. The number of sulfonamides is 1. The highest BCUT2D eigenvalue weighted by molar-refractivity contribution is 7.92. The first-order valence-corrected chi connectivity index (χ1v) is 11.3. The van der Waals surface area contributed by atoms with Crippen molar-refractivity contribution in [1.82, 2.24) is 5.32 Å². The Labute approximate surface area is 180 Å². The number of amides is 1. The number of anilines is 1. The quantitative estimate of drug-likeness (QED) is 0.621. The molecule has 1 N–H and O–H groups in total. The fourth-order valence-electron chi connectivity index (χ4n) is 2.90. The first-order valence-electron chi connectivity index (χ1n) is 9.04. The third-order valence-electron chi connectivity index (χ3n) is 4.43. The predicted octanol–water partition coefficient (Wildman–Crippen LogP) is 3.53. The smallest absolute Gasteiger partial charge is 0.241 e. The summed E-state index contributed by atoms with van der Waals surface area (Å²) in [5, 5.41) is 2.58. The van der Waals surface area contributed by atoms with E-state index in [1.165, 1.54) is 20.3 Å². The van der Waals surface area contributed by atoms with Crippen LogP contribution in [0.1, 0.15) is 24.9 Å². The van der Waals surface area contributed by atoms with Crippen molar-refractivity contribution in [3.05, 3.63) is 52.8 Å². The molecular weight excluding hydrogens is 435 g/mol. The van der Waals surface area contributed by atoms with E-state index >= 15 is 0 Å². The first kappa shape index (κ1) is 23.8. The summed E-state index contributed by atoms with van der Waals surface area (Å²) in [4.78, 5) is 12.7. The van der Waals surface area contributed by atoms with Gasteiger partial charge in [-0.25, -0.2) is 12.8 Å². The highest BCUT2D eigenvalue weighted by atomic mass is 35.5. The first-order chi connectivity index (χ1) is 14.1. The molecule has 0 saturated carbocycles. The van der Waals surface area contributed by atoms with Crippen LogP contribution in [0.4, 0.5) is 10.1 Å². The fraction of sp³-hybridized carbons (Fsp3) is 0.350. The molecule has 0 spiro atoms. The highest BCUT2D eigenvalue weighted by Crippen LogP contribution is 2.31. The molecule has 0 bridgehead atoms. The molecule has 0 aromatic heterocycles. The zero-order valence-electron chi connectivity index (χ0n) is 17.1. The van der Waals surface area contributed by atoms with Crippen molar-refractivity contribution < 1.29 is 27.1 Å². The number of methoxy groups -OCH3 is 2. The molecule has 0 fully saturated rings. The lowest BCUT2D eigenvalue weighted by Gasteiger charge is -2.24. The van der Waals surface area contributed by atoms with E-state index in [0.717, 1.165) is 28.3 Å². The van der Waals surface area contributed by atoms with Crippen LogP contribution in [0.2, 0.25) is 5.02 Å². The van der Waals surface area contributed by atoms with Crippen LogP contribution in [0, 0.1) is 5.82 Å². The van der Waals surface area contributed by atoms with Crippen LogP contribution in [0.15, 0.2) is 36.4 Å². The number of hydrogen-bond acceptors (Lipinski definition) is 5. The summed E-state index contributed by atoms with van der Waals surface area (Å²) in [5.41, 5.74) is 0.873. The Morgan fingerprint density at radius 2 is 1.83 bits per heavy atom. The zero-order chi connectivity index (χ0) is 22.5. The normalized spacial score (nSPS) is 12.2. The fourth-order valence-corrected chi connectivity index (χ4v) is 3.92. The molecule has 164 valence electrons. The molecule has 2 rings (SSSR count). The van der Waals surface area contributed by atoms with Crippen LogP contribution in [0.25, 0.3) is 0 Å². The van der Waals surface area contributed by atoms with Crippen molar-refractivity contribution in [2.24, 2.45) is 0 Å². The highest BCUT2D eigenvalue weighted by Gasteiger charge is 2.23. The maximum Gasteiger partial charge on any atom is 0.241 e. The molecule has 10 heteroatoms. The number of ether oxygens (including phenoxy) is 2. The Kier molecular flexibility index (Phi) is 7.91. The monoisotopic (exact) mass is 458 g/mol.